The first-order valence-corrected chi connectivity index (χ1v) is 12.7. The second-order valence-electron chi connectivity index (χ2n) is 8.33. The molecule has 2 aliphatic rings. The molecule has 1 aromatic heterocycles. The molecule has 0 unspecified atom stereocenters. The maximum atomic E-state index is 13.3. The Hall–Kier alpha value is -2.97. The first kappa shape index (κ1) is 20.9. The van der Waals surface area contributed by atoms with Gasteiger partial charge in [-0.25, -0.2) is 13.4 Å². The zero-order chi connectivity index (χ0) is 22.1. The average molecular weight is 452 g/mol. The summed E-state index contributed by atoms with van der Waals surface area (Å²) in [6.07, 6.45) is 2.37. The number of carbonyl (C=O) groups excluding carboxylic acids is 1. The van der Waals surface area contributed by atoms with Gasteiger partial charge in [-0.15, -0.1) is 0 Å². The van der Waals surface area contributed by atoms with Gasteiger partial charge in [0.05, 0.1) is 23.3 Å². The van der Waals surface area contributed by atoms with Crippen molar-refractivity contribution in [2.45, 2.75) is 12.5 Å². The van der Waals surface area contributed by atoms with E-state index in [0.717, 1.165) is 5.56 Å². The van der Waals surface area contributed by atoms with E-state index < -0.39 is 9.84 Å². The fourth-order valence-electron chi connectivity index (χ4n) is 4.51. The highest BCUT2D eigenvalue weighted by Crippen LogP contribution is 2.29. The van der Waals surface area contributed by atoms with Crippen molar-refractivity contribution in [3.63, 3.8) is 0 Å². The lowest BCUT2D eigenvalue weighted by atomic mass is 10.1. The number of hydrogen-bond acceptors (Lipinski definition) is 6. The number of hydrogen-bond donors (Lipinski definition) is 0. The molecule has 1 atom stereocenters. The molecule has 2 fully saturated rings. The number of rotatable bonds is 4. The van der Waals surface area contributed by atoms with Gasteiger partial charge in [0.15, 0.2) is 15.6 Å². The van der Waals surface area contributed by atoms with Crippen molar-refractivity contribution in [2.24, 2.45) is 0 Å². The first-order valence-electron chi connectivity index (χ1n) is 10.8. The molecule has 0 aliphatic carbocycles. The van der Waals surface area contributed by atoms with Gasteiger partial charge in [0.2, 0.25) is 5.89 Å². The molecular weight excluding hydrogens is 426 g/mol. The van der Waals surface area contributed by atoms with E-state index in [4.69, 9.17) is 4.42 Å². The Kier molecular flexibility index (Phi) is 5.57. The summed E-state index contributed by atoms with van der Waals surface area (Å²) in [5.74, 6) is 1.52. The van der Waals surface area contributed by atoms with Crippen molar-refractivity contribution in [1.29, 1.82) is 0 Å². The van der Waals surface area contributed by atoms with Gasteiger partial charge in [0.1, 0.15) is 0 Å². The van der Waals surface area contributed by atoms with Crippen LogP contribution in [0.5, 0.6) is 0 Å². The molecular formula is C24H25N3O4S. The van der Waals surface area contributed by atoms with Crippen LogP contribution in [-0.4, -0.2) is 72.8 Å². The normalized spacial score (nSPS) is 21.0. The predicted molar refractivity (Wildman–Crippen MR) is 122 cm³/mol. The molecule has 32 heavy (non-hydrogen) atoms. The lowest BCUT2D eigenvalue weighted by Gasteiger charge is -2.37. The van der Waals surface area contributed by atoms with Crippen LogP contribution in [0.1, 0.15) is 16.8 Å². The van der Waals surface area contributed by atoms with Crippen molar-refractivity contribution < 1.29 is 17.6 Å². The van der Waals surface area contributed by atoms with Crippen LogP contribution in [0, 0.1) is 0 Å². The number of oxazole rings is 1. The van der Waals surface area contributed by atoms with Crippen LogP contribution >= 0.6 is 0 Å². The standard InChI is InChI=1S/C24H25N3O4S/c28-24(27-13-11-26(12-14-27)19-10-15-32(29,30)17-19)21-9-5-4-8-20(21)23-25-16-22(31-23)18-6-2-1-3-7-18/h1-9,16,19H,10-15,17H2/t19-/m1/s1. The number of benzene rings is 2. The minimum atomic E-state index is -2.91. The third-order valence-electron chi connectivity index (χ3n) is 6.28. The molecule has 3 aromatic rings. The Morgan fingerprint density at radius 1 is 0.969 bits per heavy atom. The summed E-state index contributed by atoms with van der Waals surface area (Å²) >= 11 is 0. The second-order valence-corrected chi connectivity index (χ2v) is 10.6. The van der Waals surface area contributed by atoms with E-state index in [1.165, 1.54) is 0 Å². The van der Waals surface area contributed by atoms with Gasteiger partial charge < -0.3 is 9.32 Å². The van der Waals surface area contributed by atoms with Gasteiger partial charge in [-0.2, -0.15) is 0 Å². The zero-order valence-corrected chi connectivity index (χ0v) is 18.5. The van der Waals surface area contributed by atoms with Crippen LogP contribution in [0.4, 0.5) is 0 Å². The zero-order valence-electron chi connectivity index (χ0n) is 17.7. The van der Waals surface area contributed by atoms with E-state index in [-0.39, 0.29) is 23.5 Å². The van der Waals surface area contributed by atoms with Crippen molar-refractivity contribution in [3.05, 3.63) is 66.4 Å². The molecule has 2 aliphatic heterocycles. The molecule has 5 rings (SSSR count). The minimum Gasteiger partial charge on any atom is -0.436 e. The van der Waals surface area contributed by atoms with E-state index in [0.29, 0.717) is 55.4 Å². The fourth-order valence-corrected chi connectivity index (χ4v) is 6.28. The Labute approximate surface area is 187 Å². The van der Waals surface area contributed by atoms with Crippen LogP contribution in [0.25, 0.3) is 22.8 Å². The summed E-state index contributed by atoms with van der Waals surface area (Å²) in [4.78, 5) is 21.8. The molecule has 0 N–H and O–H groups in total. The quantitative estimate of drug-likeness (QED) is 0.607. The first-order chi connectivity index (χ1) is 15.5. The molecule has 8 heteroatoms. The average Bonchev–Trinajstić information content (AvgIpc) is 3.46. The molecule has 1 amide bonds. The van der Waals surface area contributed by atoms with Gasteiger partial charge in [-0.1, -0.05) is 42.5 Å². The van der Waals surface area contributed by atoms with Gasteiger partial charge in [-0.3, -0.25) is 9.69 Å². The number of sulfone groups is 1. The summed E-state index contributed by atoms with van der Waals surface area (Å²) in [5, 5.41) is 0. The Morgan fingerprint density at radius 2 is 1.69 bits per heavy atom. The predicted octanol–water partition coefficient (Wildman–Crippen LogP) is 2.95. The van der Waals surface area contributed by atoms with E-state index in [9.17, 15) is 13.2 Å². The van der Waals surface area contributed by atoms with Crippen molar-refractivity contribution in [1.82, 2.24) is 14.8 Å². The van der Waals surface area contributed by atoms with Crippen LogP contribution in [-0.2, 0) is 9.84 Å². The third-order valence-corrected chi connectivity index (χ3v) is 8.03. The largest absolute Gasteiger partial charge is 0.436 e. The number of amides is 1. The van der Waals surface area contributed by atoms with Crippen LogP contribution in [0.3, 0.4) is 0 Å². The molecule has 7 nitrogen and oxygen atoms in total. The lowest BCUT2D eigenvalue weighted by molar-refractivity contribution is 0.0588. The third kappa shape index (κ3) is 4.20. The Morgan fingerprint density at radius 3 is 2.41 bits per heavy atom. The molecule has 0 radical (unpaired) electrons. The molecule has 0 saturated carbocycles. The number of aromatic nitrogens is 1. The maximum Gasteiger partial charge on any atom is 0.254 e. The number of carbonyl (C=O) groups is 1. The molecule has 166 valence electrons. The van der Waals surface area contributed by atoms with Gasteiger partial charge in [0.25, 0.3) is 5.91 Å². The van der Waals surface area contributed by atoms with Crippen LogP contribution < -0.4 is 0 Å². The van der Waals surface area contributed by atoms with Crippen LogP contribution in [0.2, 0.25) is 0 Å². The van der Waals surface area contributed by atoms with E-state index in [1.807, 2.05) is 53.4 Å². The highest BCUT2D eigenvalue weighted by molar-refractivity contribution is 7.91. The second kappa shape index (κ2) is 8.52. The molecule has 3 heterocycles. The highest BCUT2D eigenvalue weighted by atomic mass is 32.2. The lowest BCUT2D eigenvalue weighted by Crippen LogP contribution is -2.52. The summed E-state index contributed by atoms with van der Waals surface area (Å²) < 4.78 is 29.6. The monoisotopic (exact) mass is 451 g/mol. The molecule has 2 aromatic carbocycles. The highest BCUT2D eigenvalue weighted by Gasteiger charge is 2.34. The van der Waals surface area contributed by atoms with Crippen molar-refractivity contribution >= 4 is 15.7 Å². The molecule has 0 bridgehead atoms. The van der Waals surface area contributed by atoms with Gasteiger partial charge in [-0.05, 0) is 18.6 Å². The van der Waals surface area contributed by atoms with E-state index in [1.54, 1.807) is 12.3 Å². The maximum absolute atomic E-state index is 13.3. The molecule has 2 saturated heterocycles. The summed E-state index contributed by atoms with van der Waals surface area (Å²) in [6.45, 7) is 2.52. The van der Waals surface area contributed by atoms with Gasteiger partial charge >= 0.3 is 0 Å². The Bertz CT molecular complexity index is 1210. The van der Waals surface area contributed by atoms with E-state index >= 15 is 0 Å². The smallest absolute Gasteiger partial charge is 0.254 e. The Balaban J connectivity index is 1.31. The summed E-state index contributed by atoms with van der Waals surface area (Å²) in [6, 6.07) is 17.2. The minimum absolute atomic E-state index is 0.0567. The SMILES string of the molecule is O=C(c1ccccc1-c1ncc(-c2ccccc2)o1)N1CCN([C@@H]2CCS(=O)(=O)C2)CC1. The van der Waals surface area contributed by atoms with E-state index in [2.05, 4.69) is 9.88 Å². The van der Waals surface area contributed by atoms with Gasteiger partial charge in [0, 0.05) is 43.3 Å². The summed E-state index contributed by atoms with van der Waals surface area (Å²) in [7, 11) is -2.91. The number of piperazine rings is 1. The fraction of sp³-hybridized carbons (Fsp3) is 0.333. The summed E-state index contributed by atoms with van der Waals surface area (Å²) in [5.41, 5.74) is 2.16. The van der Waals surface area contributed by atoms with Crippen molar-refractivity contribution in [3.8, 4) is 22.8 Å². The molecule has 0 spiro atoms. The number of nitrogens with zero attached hydrogens (tertiary/aromatic N) is 3. The topological polar surface area (TPSA) is 83.7 Å². The van der Waals surface area contributed by atoms with Crippen LogP contribution in [0.15, 0.2) is 65.2 Å². The van der Waals surface area contributed by atoms with Crippen molar-refractivity contribution in [2.75, 3.05) is 37.7 Å².